The van der Waals surface area contributed by atoms with Gasteiger partial charge in [-0.05, 0) is 61.9 Å². The molecule has 2 aromatic carbocycles. The Labute approximate surface area is 184 Å². The largest absolute Gasteiger partial charge is 0.457 e. The van der Waals surface area contributed by atoms with Gasteiger partial charge < -0.3 is 21.1 Å². The zero-order chi connectivity index (χ0) is 22.7. The minimum Gasteiger partial charge on any atom is -0.457 e. The molecule has 4 N–H and O–H groups in total. The highest BCUT2D eigenvalue weighted by molar-refractivity contribution is 5.94. The van der Waals surface area contributed by atoms with E-state index in [0.29, 0.717) is 47.2 Å². The maximum atomic E-state index is 11.9. The van der Waals surface area contributed by atoms with E-state index in [0.717, 1.165) is 0 Å². The van der Waals surface area contributed by atoms with Crippen molar-refractivity contribution in [2.75, 3.05) is 11.9 Å². The molecular formula is C23H21N5O4. The number of hydrogen-bond acceptors (Lipinski definition) is 7. The fraction of sp³-hybridized carbons (Fsp3) is 0.174. The molecule has 1 atom stereocenters. The summed E-state index contributed by atoms with van der Waals surface area (Å²) in [6, 6.07) is 14.9. The molecule has 1 unspecified atom stereocenters. The van der Waals surface area contributed by atoms with Crippen LogP contribution in [0.25, 0.3) is 11.4 Å². The molecular weight excluding hydrogens is 410 g/mol. The molecule has 0 saturated carbocycles. The third kappa shape index (κ3) is 4.72. The van der Waals surface area contributed by atoms with Crippen LogP contribution < -0.4 is 21.1 Å². The maximum absolute atomic E-state index is 11.9. The van der Waals surface area contributed by atoms with Crippen LogP contribution in [0.15, 0.2) is 54.6 Å². The lowest BCUT2D eigenvalue weighted by Crippen LogP contribution is -2.30. The van der Waals surface area contributed by atoms with Gasteiger partial charge in [-0.3, -0.25) is 14.4 Å². The number of Topliss-reactive ketones (excluding diaryl/α,β-unsaturated/α-hetero) is 1. The quantitative estimate of drug-likeness (QED) is 0.489. The Kier molecular flexibility index (Phi) is 5.80. The predicted molar refractivity (Wildman–Crippen MR) is 118 cm³/mol. The van der Waals surface area contributed by atoms with E-state index >= 15 is 0 Å². The highest BCUT2D eigenvalue weighted by atomic mass is 16.5. The third-order valence-corrected chi connectivity index (χ3v) is 4.96. The van der Waals surface area contributed by atoms with Crippen molar-refractivity contribution in [2.24, 2.45) is 5.73 Å². The van der Waals surface area contributed by atoms with E-state index in [2.05, 4.69) is 20.6 Å². The van der Waals surface area contributed by atoms with E-state index in [9.17, 15) is 14.4 Å². The maximum Gasteiger partial charge on any atom is 0.267 e. The van der Waals surface area contributed by atoms with Gasteiger partial charge in [-0.2, -0.15) is 0 Å². The Morgan fingerprint density at radius 1 is 1.06 bits per heavy atom. The van der Waals surface area contributed by atoms with Crippen LogP contribution in [0.3, 0.4) is 0 Å². The van der Waals surface area contributed by atoms with Crippen molar-refractivity contribution in [1.82, 2.24) is 15.3 Å². The second kappa shape index (κ2) is 8.84. The fourth-order valence-electron chi connectivity index (χ4n) is 3.25. The van der Waals surface area contributed by atoms with Crippen LogP contribution in [0, 0.1) is 0 Å². The van der Waals surface area contributed by atoms with Gasteiger partial charge in [-0.1, -0.05) is 0 Å². The number of carbonyl (C=O) groups is 3. The second-order valence-electron chi connectivity index (χ2n) is 7.31. The summed E-state index contributed by atoms with van der Waals surface area (Å²) in [6.07, 6.45) is 0.615. The number of carbonyl (C=O) groups excluding carboxylic acids is 3. The van der Waals surface area contributed by atoms with Crippen molar-refractivity contribution < 1.29 is 19.1 Å². The molecule has 9 heteroatoms. The van der Waals surface area contributed by atoms with E-state index in [4.69, 9.17) is 10.5 Å². The third-order valence-electron chi connectivity index (χ3n) is 4.96. The zero-order valence-corrected chi connectivity index (χ0v) is 17.3. The SMILES string of the molecule is CC(=O)c1ccc(Oc2ccc(-c3nc(NC4CCNC4=O)cc(C(N)=O)n3)cc2)cc1. The summed E-state index contributed by atoms with van der Waals surface area (Å²) in [5, 5.41) is 5.77. The number of primary amides is 1. The van der Waals surface area contributed by atoms with E-state index in [1.54, 1.807) is 48.5 Å². The monoisotopic (exact) mass is 431 g/mol. The van der Waals surface area contributed by atoms with Gasteiger partial charge in [0.05, 0.1) is 0 Å². The first-order valence-corrected chi connectivity index (χ1v) is 10.0. The number of aromatic nitrogens is 2. The molecule has 1 fully saturated rings. The first-order chi connectivity index (χ1) is 15.4. The molecule has 1 saturated heterocycles. The van der Waals surface area contributed by atoms with Gasteiger partial charge in [0.1, 0.15) is 29.1 Å². The van der Waals surface area contributed by atoms with Crippen LogP contribution in [0.5, 0.6) is 11.5 Å². The van der Waals surface area contributed by atoms with Gasteiger partial charge in [-0.25, -0.2) is 9.97 Å². The summed E-state index contributed by atoms with van der Waals surface area (Å²) in [5.41, 5.74) is 6.72. The Balaban J connectivity index is 1.55. The van der Waals surface area contributed by atoms with Gasteiger partial charge in [0, 0.05) is 23.7 Å². The molecule has 1 aromatic heterocycles. The Bertz CT molecular complexity index is 1180. The molecule has 32 heavy (non-hydrogen) atoms. The van der Waals surface area contributed by atoms with Crippen molar-refractivity contribution in [3.63, 3.8) is 0 Å². The summed E-state index contributed by atoms with van der Waals surface area (Å²) in [4.78, 5) is 43.7. The van der Waals surface area contributed by atoms with Crippen LogP contribution >= 0.6 is 0 Å². The lowest BCUT2D eigenvalue weighted by molar-refractivity contribution is -0.119. The van der Waals surface area contributed by atoms with E-state index < -0.39 is 11.9 Å². The molecule has 2 amide bonds. The lowest BCUT2D eigenvalue weighted by Gasteiger charge is -2.13. The number of rotatable bonds is 7. The first-order valence-electron chi connectivity index (χ1n) is 10.0. The van der Waals surface area contributed by atoms with E-state index in [-0.39, 0.29) is 17.4 Å². The number of nitrogens with one attached hydrogen (secondary N) is 2. The Morgan fingerprint density at radius 3 is 2.28 bits per heavy atom. The van der Waals surface area contributed by atoms with Gasteiger partial charge >= 0.3 is 0 Å². The van der Waals surface area contributed by atoms with Gasteiger partial charge in [-0.15, -0.1) is 0 Å². The summed E-state index contributed by atoms with van der Waals surface area (Å²) < 4.78 is 5.81. The number of anilines is 1. The fourth-order valence-corrected chi connectivity index (χ4v) is 3.25. The van der Waals surface area contributed by atoms with Crippen LogP contribution in [0.2, 0.25) is 0 Å². The molecule has 1 aliphatic rings. The number of nitrogens with two attached hydrogens (primary N) is 1. The van der Waals surface area contributed by atoms with Crippen LogP contribution in [0.1, 0.15) is 34.2 Å². The number of nitrogens with zero attached hydrogens (tertiary/aromatic N) is 2. The normalized spacial score (nSPS) is 15.2. The minimum atomic E-state index is -0.693. The number of hydrogen-bond donors (Lipinski definition) is 3. The van der Waals surface area contributed by atoms with Crippen LogP contribution in [-0.2, 0) is 4.79 Å². The van der Waals surface area contributed by atoms with Gasteiger partial charge in [0.15, 0.2) is 11.6 Å². The summed E-state index contributed by atoms with van der Waals surface area (Å²) in [6.45, 7) is 2.09. The molecule has 0 aliphatic carbocycles. The van der Waals surface area contributed by atoms with Crippen LogP contribution in [0.4, 0.5) is 5.82 Å². The highest BCUT2D eigenvalue weighted by Gasteiger charge is 2.24. The van der Waals surface area contributed by atoms with Crippen molar-refractivity contribution in [2.45, 2.75) is 19.4 Å². The number of ether oxygens (including phenoxy) is 1. The smallest absolute Gasteiger partial charge is 0.267 e. The number of ketones is 1. The molecule has 4 rings (SSSR count). The highest BCUT2D eigenvalue weighted by Crippen LogP contribution is 2.26. The zero-order valence-electron chi connectivity index (χ0n) is 17.3. The van der Waals surface area contributed by atoms with E-state index in [1.807, 2.05) is 0 Å². The Hall–Kier alpha value is -4.27. The molecule has 162 valence electrons. The molecule has 0 radical (unpaired) electrons. The molecule has 9 nitrogen and oxygen atoms in total. The van der Waals surface area contributed by atoms with Gasteiger partial charge in [0.25, 0.3) is 5.91 Å². The van der Waals surface area contributed by atoms with Crippen molar-refractivity contribution in [3.05, 3.63) is 65.9 Å². The molecule has 2 heterocycles. The molecule has 0 bridgehead atoms. The lowest BCUT2D eigenvalue weighted by atomic mass is 10.1. The topological polar surface area (TPSA) is 136 Å². The molecule has 0 spiro atoms. The Morgan fingerprint density at radius 2 is 1.72 bits per heavy atom. The minimum absolute atomic E-state index is 0.0125. The summed E-state index contributed by atoms with van der Waals surface area (Å²) >= 11 is 0. The summed E-state index contributed by atoms with van der Waals surface area (Å²) in [5.74, 6) is 0.982. The predicted octanol–water partition coefficient (Wildman–Crippen LogP) is 2.54. The number of benzene rings is 2. The van der Waals surface area contributed by atoms with Crippen molar-refractivity contribution >= 4 is 23.4 Å². The standard InChI is InChI=1S/C23H21N5O4/c1-13(29)14-2-6-16(7-3-14)32-17-8-4-15(5-9-17)22-27-19(21(24)30)12-20(28-22)26-18-10-11-25-23(18)31/h2-9,12,18H,10-11H2,1H3,(H2,24,30)(H,25,31)(H,26,27,28). The van der Waals surface area contributed by atoms with Crippen molar-refractivity contribution in [3.8, 4) is 22.9 Å². The first kappa shape index (κ1) is 21.0. The van der Waals surface area contributed by atoms with Crippen LogP contribution in [-0.4, -0.2) is 40.2 Å². The van der Waals surface area contributed by atoms with Gasteiger partial charge in [0.2, 0.25) is 5.91 Å². The number of amides is 2. The average molecular weight is 431 g/mol. The summed E-state index contributed by atoms with van der Waals surface area (Å²) in [7, 11) is 0. The molecule has 1 aliphatic heterocycles. The van der Waals surface area contributed by atoms with Crippen molar-refractivity contribution in [1.29, 1.82) is 0 Å². The van der Waals surface area contributed by atoms with E-state index in [1.165, 1.54) is 13.0 Å². The molecule has 3 aromatic rings. The second-order valence-corrected chi connectivity index (χ2v) is 7.31. The average Bonchev–Trinajstić information content (AvgIpc) is 3.18.